The first-order valence-corrected chi connectivity index (χ1v) is 5.94. The number of hydrogen-bond acceptors (Lipinski definition) is 3. The Morgan fingerprint density at radius 2 is 1.77 bits per heavy atom. The van der Waals surface area contributed by atoms with Gasteiger partial charge in [0.15, 0.2) is 0 Å². The molecule has 0 aliphatic rings. The van der Waals surface area contributed by atoms with Crippen molar-refractivity contribution in [3.63, 3.8) is 0 Å². The third-order valence-corrected chi connectivity index (χ3v) is 3.38. The van der Waals surface area contributed by atoms with E-state index in [0.29, 0.717) is 12.8 Å². The van der Waals surface area contributed by atoms with Crippen LogP contribution in [0.15, 0.2) is 0 Å². The van der Waals surface area contributed by atoms with E-state index in [1.807, 2.05) is 6.92 Å². The Balaban J connectivity index is 0. The second-order valence-electron chi connectivity index (χ2n) is 3.02. The van der Waals surface area contributed by atoms with Gasteiger partial charge in [0, 0.05) is 5.25 Å². The van der Waals surface area contributed by atoms with E-state index < -0.39 is 15.4 Å². The van der Waals surface area contributed by atoms with Gasteiger partial charge in [0.1, 0.15) is 0 Å². The molecule has 0 aromatic rings. The minimum Gasteiger partial charge on any atom is -0.748 e. The molecule has 0 N–H and O–H groups in total. The Morgan fingerprint density at radius 1 is 1.23 bits per heavy atom. The van der Waals surface area contributed by atoms with Crippen molar-refractivity contribution in [3.8, 4) is 0 Å². The van der Waals surface area contributed by atoms with E-state index in [2.05, 4.69) is 0 Å². The van der Waals surface area contributed by atoms with Crippen LogP contribution in [0.5, 0.6) is 0 Å². The molecule has 0 rings (SSSR count). The Morgan fingerprint density at radius 3 is 2.08 bits per heavy atom. The molecule has 3 nitrogen and oxygen atoms in total. The molecule has 0 radical (unpaired) electrons. The van der Waals surface area contributed by atoms with Crippen molar-refractivity contribution in [2.75, 3.05) is 0 Å². The van der Waals surface area contributed by atoms with Crippen molar-refractivity contribution < 1.29 is 42.5 Å². The molecule has 5 heteroatoms. The zero-order valence-corrected chi connectivity index (χ0v) is 11.6. The van der Waals surface area contributed by atoms with Crippen LogP contribution in [0.25, 0.3) is 0 Å². The van der Waals surface area contributed by atoms with E-state index in [9.17, 15) is 13.0 Å². The Hall–Kier alpha value is 0.910. The molecule has 0 aliphatic heterocycles. The third-order valence-electron chi connectivity index (χ3n) is 1.99. The van der Waals surface area contributed by atoms with E-state index in [1.54, 1.807) is 6.92 Å². The number of hydrogen-bond donors (Lipinski definition) is 0. The molecule has 0 heterocycles. The number of rotatable bonds is 6. The van der Waals surface area contributed by atoms with Gasteiger partial charge in [-0.3, -0.25) is 0 Å². The van der Waals surface area contributed by atoms with Crippen LogP contribution in [0.1, 0.15) is 46.0 Å². The van der Waals surface area contributed by atoms with Crippen LogP contribution in [0.2, 0.25) is 0 Å². The van der Waals surface area contributed by atoms with Gasteiger partial charge in [-0.25, -0.2) is 8.42 Å². The van der Waals surface area contributed by atoms with Gasteiger partial charge in [-0.2, -0.15) is 0 Å². The first kappa shape index (κ1) is 16.3. The second kappa shape index (κ2) is 8.24. The van der Waals surface area contributed by atoms with Gasteiger partial charge in [-0.05, 0) is 12.8 Å². The van der Waals surface area contributed by atoms with Gasteiger partial charge in [-0.1, -0.05) is 33.1 Å². The molecular formula is C8H17NaO3S. The van der Waals surface area contributed by atoms with E-state index >= 15 is 0 Å². The predicted molar refractivity (Wildman–Crippen MR) is 47.9 cm³/mol. The Bertz CT molecular complexity index is 201. The van der Waals surface area contributed by atoms with Gasteiger partial charge in [0.2, 0.25) is 0 Å². The van der Waals surface area contributed by atoms with Crippen LogP contribution in [0.4, 0.5) is 0 Å². The van der Waals surface area contributed by atoms with Crippen molar-refractivity contribution in [2.24, 2.45) is 0 Å². The summed E-state index contributed by atoms with van der Waals surface area (Å²) in [5, 5.41) is -0.663. The summed E-state index contributed by atoms with van der Waals surface area (Å²) >= 11 is 0. The maximum atomic E-state index is 10.6. The molecule has 0 fully saturated rings. The molecule has 0 aromatic carbocycles. The summed E-state index contributed by atoms with van der Waals surface area (Å²) in [5.41, 5.74) is 0. The van der Waals surface area contributed by atoms with Crippen molar-refractivity contribution >= 4 is 10.1 Å². The molecule has 0 saturated carbocycles. The summed E-state index contributed by atoms with van der Waals surface area (Å²) in [7, 11) is -4.05. The van der Waals surface area contributed by atoms with Crippen LogP contribution < -0.4 is 29.6 Å². The third kappa shape index (κ3) is 7.94. The molecule has 1 unspecified atom stereocenters. The normalized spacial score (nSPS) is 13.5. The van der Waals surface area contributed by atoms with Crippen LogP contribution in [-0.2, 0) is 10.1 Å². The standard InChI is InChI=1S/C8H18O3S.Na/c1-3-5-6-7-8(4-2)12(9,10)11;/h8H,3-7H2,1-2H3,(H,9,10,11);/q;+1/p-1. The SMILES string of the molecule is CCCCCC(CC)S(=O)(=O)[O-].[Na+]. The predicted octanol–water partition coefficient (Wildman–Crippen LogP) is -1.11. The fourth-order valence-electron chi connectivity index (χ4n) is 1.17. The average Bonchev–Trinajstić information content (AvgIpc) is 1.95. The summed E-state index contributed by atoms with van der Waals surface area (Å²) in [6.07, 6.45) is 3.86. The van der Waals surface area contributed by atoms with Crippen molar-refractivity contribution in [1.29, 1.82) is 0 Å². The molecule has 74 valence electrons. The topological polar surface area (TPSA) is 57.2 Å². The second-order valence-corrected chi connectivity index (χ2v) is 4.67. The molecular weight excluding hydrogens is 199 g/mol. The van der Waals surface area contributed by atoms with Crippen molar-refractivity contribution in [1.82, 2.24) is 0 Å². The first-order valence-electron chi connectivity index (χ1n) is 4.47. The van der Waals surface area contributed by atoms with E-state index in [1.165, 1.54) is 0 Å². The zero-order chi connectivity index (χ0) is 9.61. The van der Waals surface area contributed by atoms with Gasteiger partial charge in [0.25, 0.3) is 0 Å². The van der Waals surface area contributed by atoms with Gasteiger partial charge in [-0.15, -0.1) is 0 Å². The Kier molecular flexibility index (Phi) is 10.4. The molecule has 0 spiro atoms. The monoisotopic (exact) mass is 216 g/mol. The molecule has 0 aromatic heterocycles. The molecule has 0 saturated heterocycles. The molecule has 13 heavy (non-hydrogen) atoms. The quantitative estimate of drug-likeness (QED) is 0.321. The molecule has 0 amide bonds. The van der Waals surface area contributed by atoms with E-state index in [4.69, 9.17) is 0 Å². The summed E-state index contributed by atoms with van der Waals surface area (Å²) in [4.78, 5) is 0. The first-order chi connectivity index (χ1) is 5.52. The fourth-order valence-corrected chi connectivity index (χ4v) is 2.04. The average molecular weight is 216 g/mol. The minimum atomic E-state index is -4.05. The van der Waals surface area contributed by atoms with Gasteiger partial charge < -0.3 is 4.55 Å². The zero-order valence-electron chi connectivity index (χ0n) is 8.75. The summed E-state index contributed by atoms with van der Waals surface area (Å²) < 4.78 is 31.8. The van der Waals surface area contributed by atoms with Crippen molar-refractivity contribution in [2.45, 2.75) is 51.2 Å². The maximum absolute atomic E-state index is 10.6. The molecule has 1 atom stereocenters. The number of unbranched alkanes of at least 4 members (excludes halogenated alkanes) is 2. The van der Waals surface area contributed by atoms with Crippen LogP contribution in [0.3, 0.4) is 0 Å². The Labute approximate surface area is 103 Å². The molecule has 0 bridgehead atoms. The smallest absolute Gasteiger partial charge is 0.748 e. The minimum absolute atomic E-state index is 0. The summed E-state index contributed by atoms with van der Waals surface area (Å²) in [6.45, 7) is 3.79. The summed E-state index contributed by atoms with van der Waals surface area (Å²) in [6, 6.07) is 0. The summed E-state index contributed by atoms with van der Waals surface area (Å²) in [5.74, 6) is 0. The maximum Gasteiger partial charge on any atom is 1.00 e. The fraction of sp³-hybridized carbons (Fsp3) is 1.00. The van der Waals surface area contributed by atoms with Gasteiger partial charge in [0.05, 0.1) is 10.1 Å². The van der Waals surface area contributed by atoms with E-state index in [0.717, 1.165) is 19.3 Å². The van der Waals surface area contributed by atoms with Crippen LogP contribution in [-0.4, -0.2) is 18.2 Å². The van der Waals surface area contributed by atoms with Gasteiger partial charge >= 0.3 is 29.6 Å². The van der Waals surface area contributed by atoms with Crippen LogP contribution in [0, 0.1) is 0 Å². The van der Waals surface area contributed by atoms with E-state index in [-0.39, 0.29) is 29.6 Å². The molecule has 0 aliphatic carbocycles. The van der Waals surface area contributed by atoms with Crippen LogP contribution >= 0.6 is 0 Å². The van der Waals surface area contributed by atoms with Crippen molar-refractivity contribution in [3.05, 3.63) is 0 Å². The largest absolute Gasteiger partial charge is 1.00 e.